The standard InChI is InChI=1S/C25H20Cl2N4O2/c1-15-10-18(16(2)31(15)21-12-19(26)11-20(27)13-21)14-28-30-25(33)24(32)29-23-9-5-7-17-6-3-4-8-22(17)23/h3-14H,1-2H3,(H,29,32)(H,30,33)/b28-14-. The Labute approximate surface area is 200 Å². The number of aromatic nitrogens is 1. The number of carbonyl (C=O) groups is 2. The molecular formula is C25H20Cl2N4O2. The van der Waals surface area contributed by atoms with E-state index in [1.54, 1.807) is 12.1 Å². The molecule has 1 heterocycles. The number of nitrogens with one attached hydrogen (secondary N) is 2. The van der Waals surface area contributed by atoms with Crippen LogP contribution in [0.25, 0.3) is 16.5 Å². The van der Waals surface area contributed by atoms with Crippen LogP contribution in [-0.4, -0.2) is 22.6 Å². The number of halogens is 2. The number of aryl methyl sites for hydroxylation is 1. The van der Waals surface area contributed by atoms with Crippen molar-refractivity contribution < 1.29 is 9.59 Å². The first-order valence-corrected chi connectivity index (χ1v) is 10.9. The third kappa shape index (κ3) is 4.92. The van der Waals surface area contributed by atoms with Crippen LogP contribution in [0.15, 0.2) is 71.8 Å². The molecule has 0 aliphatic rings. The van der Waals surface area contributed by atoms with Crippen LogP contribution in [0.4, 0.5) is 5.69 Å². The molecule has 8 heteroatoms. The van der Waals surface area contributed by atoms with Crippen molar-refractivity contribution in [3.05, 3.63) is 93.7 Å². The summed E-state index contributed by atoms with van der Waals surface area (Å²) < 4.78 is 1.98. The van der Waals surface area contributed by atoms with Gasteiger partial charge in [0.2, 0.25) is 0 Å². The van der Waals surface area contributed by atoms with Crippen LogP contribution in [0.2, 0.25) is 10.0 Å². The van der Waals surface area contributed by atoms with Gasteiger partial charge in [0.1, 0.15) is 0 Å². The lowest BCUT2D eigenvalue weighted by molar-refractivity contribution is -0.136. The maximum absolute atomic E-state index is 12.3. The van der Waals surface area contributed by atoms with Crippen LogP contribution in [0.3, 0.4) is 0 Å². The van der Waals surface area contributed by atoms with Crippen molar-refractivity contribution in [1.82, 2.24) is 9.99 Å². The Morgan fingerprint density at radius 2 is 1.61 bits per heavy atom. The summed E-state index contributed by atoms with van der Waals surface area (Å²) in [6.07, 6.45) is 1.49. The smallest absolute Gasteiger partial charge is 0.318 e. The first-order valence-electron chi connectivity index (χ1n) is 10.1. The van der Waals surface area contributed by atoms with Crippen LogP contribution >= 0.6 is 23.2 Å². The van der Waals surface area contributed by atoms with Crippen LogP contribution in [0, 0.1) is 13.8 Å². The van der Waals surface area contributed by atoms with E-state index in [2.05, 4.69) is 15.8 Å². The van der Waals surface area contributed by atoms with Gasteiger partial charge in [-0.15, -0.1) is 0 Å². The summed E-state index contributed by atoms with van der Waals surface area (Å²) in [7, 11) is 0. The van der Waals surface area contributed by atoms with E-state index < -0.39 is 11.8 Å². The molecule has 2 N–H and O–H groups in total. The summed E-state index contributed by atoms with van der Waals surface area (Å²) in [6, 6.07) is 20.3. The molecule has 0 bridgehead atoms. The molecule has 6 nitrogen and oxygen atoms in total. The molecule has 2 amide bonds. The number of rotatable bonds is 4. The monoisotopic (exact) mass is 478 g/mol. The minimum Gasteiger partial charge on any atom is -0.318 e. The molecule has 3 aromatic carbocycles. The van der Waals surface area contributed by atoms with Gasteiger partial charge in [-0.2, -0.15) is 5.10 Å². The Hall–Kier alpha value is -3.61. The predicted molar refractivity (Wildman–Crippen MR) is 134 cm³/mol. The molecule has 0 aliphatic carbocycles. The zero-order valence-electron chi connectivity index (χ0n) is 17.9. The fourth-order valence-corrected chi connectivity index (χ4v) is 4.22. The quantitative estimate of drug-likeness (QED) is 0.226. The first kappa shape index (κ1) is 22.6. The summed E-state index contributed by atoms with van der Waals surface area (Å²) in [6.45, 7) is 3.85. The first-order chi connectivity index (χ1) is 15.8. The van der Waals surface area contributed by atoms with E-state index in [9.17, 15) is 9.59 Å². The second-order valence-electron chi connectivity index (χ2n) is 7.47. The number of benzene rings is 3. The topological polar surface area (TPSA) is 75.5 Å². The van der Waals surface area contributed by atoms with Crippen LogP contribution in [0.1, 0.15) is 17.0 Å². The van der Waals surface area contributed by atoms with Crippen molar-refractivity contribution in [1.29, 1.82) is 0 Å². The van der Waals surface area contributed by atoms with Gasteiger partial charge in [0.15, 0.2) is 0 Å². The van der Waals surface area contributed by atoms with E-state index in [0.717, 1.165) is 33.4 Å². The normalized spacial score (nSPS) is 11.2. The van der Waals surface area contributed by atoms with E-state index in [0.29, 0.717) is 15.7 Å². The Kier molecular flexibility index (Phi) is 6.49. The molecule has 0 radical (unpaired) electrons. The number of nitrogens with zero attached hydrogens (tertiary/aromatic N) is 2. The summed E-state index contributed by atoms with van der Waals surface area (Å²) in [5.74, 6) is -1.67. The number of hydrogen-bond acceptors (Lipinski definition) is 3. The summed E-state index contributed by atoms with van der Waals surface area (Å²) in [4.78, 5) is 24.6. The van der Waals surface area contributed by atoms with Crippen LogP contribution < -0.4 is 10.7 Å². The minimum atomic E-state index is -0.866. The molecule has 0 fully saturated rings. The minimum absolute atomic E-state index is 0.532. The summed E-state index contributed by atoms with van der Waals surface area (Å²) >= 11 is 12.3. The number of hydrogen-bond donors (Lipinski definition) is 2. The third-order valence-electron chi connectivity index (χ3n) is 5.19. The number of amides is 2. The van der Waals surface area contributed by atoms with Gasteiger partial charge in [0.05, 0.1) is 6.21 Å². The average Bonchev–Trinajstić information content (AvgIpc) is 3.06. The molecule has 0 saturated carbocycles. The van der Waals surface area contributed by atoms with Gasteiger partial charge < -0.3 is 9.88 Å². The van der Waals surface area contributed by atoms with Gasteiger partial charge in [-0.1, -0.05) is 59.6 Å². The second kappa shape index (κ2) is 9.48. The van der Waals surface area contributed by atoms with Gasteiger partial charge >= 0.3 is 11.8 Å². The Morgan fingerprint density at radius 3 is 2.36 bits per heavy atom. The van der Waals surface area contributed by atoms with Gasteiger partial charge in [-0.05, 0) is 49.6 Å². The van der Waals surface area contributed by atoms with E-state index in [1.807, 2.05) is 73.0 Å². The van der Waals surface area contributed by atoms with E-state index in [4.69, 9.17) is 23.2 Å². The number of fused-ring (bicyclic) bond motifs is 1. The lowest BCUT2D eigenvalue weighted by Gasteiger charge is -2.10. The number of anilines is 1. The highest BCUT2D eigenvalue weighted by atomic mass is 35.5. The molecule has 0 spiro atoms. The zero-order chi connectivity index (χ0) is 23.5. The second-order valence-corrected chi connectivity index (χ2v) is 8.34. The van der Waals surface area contributed by atoms with E-state index in [-0.39, 0.29) is 0 Å². The van der Waals surface area contributed by atoms with Gasteiger partial charge in [0.25, 0.3) is 0 Å². The van der Waals surface area contributed by atoms with Crippen molar-refractivity contribution in [3.8, 4) is 5.69 Å². The molecule has 166 valence electrons. The average molecular weight is 479 g/mol. The molecule has 0 saturated heterocycles. The Bertz CT molecular complexity index is 1380. The van der Waals surface area contributed by atoms with Crippen LogP contribution in [0.5, 0.6) is 0 Å². The van der Waals surface area contributed by atoms with Crippen LogP contribution in [-0.2, 0) is 9.59 Å². The van der Waals surface area contributed by atoms with Crippen molar-refractivity contribution in [2.24, 2.45) is 5.10 Å². The lowest BCUT2D eigenvalue weighted by Crippen LogP contribution is -2.32. The molecule has 1 aromatic heterocycles. The van der Waals surface area contributed by atoms with Crippen molar-refractivity contribution in [3.63, 3.8) is 0 Å². The maximum atomic E-state index is 12.3. The molecule has 4 rings (SSSR count). The van der Waals surface area contributed by atoms with E-state index in [1.165, 1.54) is 6.21 Å². The molecule has 0 unspecified atom stereocenters. The zero-order valence-corrected chi connectivity index (χ0v) is 19.4. The SMILES string of the molecule is Cc1cc(/C=N\NC(=O)C(=O)Nc2cccc3ccccc23)c(C)n1-c1cc(Cl)cc(Cl)c1. The maximum Gasteiger partial charge on any atom is 0.329 e. The molecule has 4 aromatic rings. The van der Waals surface area contributed by atoms with Crippen molar-refractivity contribution >= 4 is 57.7 Å². The largest absolute Gasteiger partial charge is 0.329 e. The Morgan fingerprint density at radius 1 is 0.909 bits per heavy atom. The number of hydrazone groups is 1. The molecular weight excluding hydrogens is 459 g/mol. The number of carbonyl (C=O) groups excluding carboxylic acids is 2. The van der Waals surface area contributed by atoms with Crippen molar-refractivity contribution in [2.75, 3.05) is 5.32 Å². The lowest BCUT2D eigenvalue weighted by atomic mass is 10.1. The Balaban J connectivity index is 1.47. The fourth-order valence-electron chi connectivity index (χ4n) is 3.71. The summed E-state index contributed by atoms with van der Waals surface area (Å²) in [5, 5.41) is 9.47. The van der Waals surface area contributed by atoms with Gasteiger partial charge in [-0.3, -0.25) is 9.59 Å². The summed E-state index contributed by atoms with van der Waals surface area (Å²) in [5.41, 5.74) is 6.25. The molecule has 0 aliphatic heterocycles. The highest BCUT2D eigenvalue weighted by Gasteiger charge is 2.15. The highest BCUT2D eigenvalue weighted by Crippen LogP contribution is 2.26. The molecule has 0 atom stereocenters. The fraction of sp³-hybridized carbons (Fsp3) is 0.0800. The van der Waals surface area contributed by atoms with E-state index >= 15 is 0 Å². The van der Waals surface area contributed by atoms with Gasteiger partial charge in [-0.25, -0.2) is 5.43 Å². The van der Waals surface area contributed by atoms with Crippen molar-refractivity contribution in [2.45, 2.75) is 13.8 Å². The predicted octanol–water partition coefficient (Wildman–Crippen LogP) is 5.64. The molecule has 33 heavy (non-hydrogen) atoms. The van der Waals surface area contributed by atoms with Gasteiger partial charge in [0, 0.05) is 43.8 Å². The third-order valence-corrected chi connectivity index (χ3v) is 5.63. The highest BCUT2D eigenvalue weighted by molar-refractivity contribution is 6.40.